The van der Waals surface area contributed by atoms with E-state index in [1.165, 1.54) is 0 Å². The lowest BCUT2D eigenvalue weighted by atomic mass is 9.76. The smallest absolute Gasteiger partial charge is 0.321 e. The molecule has 2 heterocycles. The van der Waals surface area contributed by atoms with E-state index in [2.05, 4.69) is 17.2 Å². The summed E-state index contributed by atoms with van der Waals surface area (Å²) in [7, 11) is 1.73. The summed E-state index contributed by atoms with van der Waals surface area (Å²) in [6.45, 7) is 7.30. The van der Waals surface area contributed by atoms with E-state index >= 15 is 0 Å². The van der Waals surface area contributed by atoms with Crippen LogP contribution >= 0.6 is 0 Å². The highest BCUT2D eigenvalue weighted by molar-refractivity contribution is 5.90. The third kappa shape index (κ3) is 3.61. The van der Waals surface area contributed by atoms with Crippen LogP contribution in [0.2, 0.25) is 0 Å². The fraction of sp³-hybridized carbons (Fsp3) is 0.474. The Kier molecular flexibility index (Phi) is 4.80. The number of hydrogen-bond acceptors (Lipinski definition) is 4. The summed E-state index contributed by atoms with van der Waals surface area (Å²) < 4.78 is 0. The van der Waals surface area contributed by atoms with Gasteiger partial charge in [0.05, 0.1) is 6.42 Å². The molecule has 26 heavy (non-hydrogen) atoms. The van der Waals surface area contributed by atoms with Crippen molar-refractivity contribution >= 4 is 23.3 Å². The van der Waals surface area contributed by atoms with Gasteiger partial charge in [0.1, 0.15) is 5.82 Å². The number of nitrogens with zero attached hydrogens (tertiary/aromatic N) is 2. The Labute approximate surface area is 154 Å². The lowest BCUT2D eigenvalue weighted by Gasteiger charge is -2.48. The number of nitrogens with two attached hydrogens (primary N) is 1. The van der Waals surface area contributed by atoms with Crippen molar-refractivity contribution in [3.8, 4) is 0 Å². The van der Waals surface area contributed by atoms with Crippen molar-refractivity contribution in [3.63, 3.8) is 0 Å². The molecule has 1 unspecified atom stereocenters. The van der Waals surface area contributed by atoms with Gasteiger partial charge in [-0.15, -0.1) is 0 Å². The van der Waals surface area contributed by atoms with E-state index in [1.807, 2.05) is 24.0 Å². The number of urea groups is 1. The molecule has 0 aromatic heterocycles. The van der Waals surface area contributed by atoms with E-state index in [0.717, 1.165) is 12.8 Å². The summed E-state index contributed by atoms with van der Waals surface area (Å²) in [4.78, 5) is 28.3. The molecule has 1 aromatic rings. The maximum atomic E-state index is 12.7. The van der Waals surface area contributed by atoms with Crippen LogP contribution in [0.5, 0.6) is 0 Å². The minimum absolute atomic E-state index is 0.0533. The van der Waals surface area contributed by atoms with Crippen molar-refractivity contribution in [2.24, 2.45) is 5.92 Å². The predicted molar refractivity (Wildman–Crippen MR) is 102 cm³/mol. The fourth-order valence-corrected chi connectivity index (χ4v) is 3.79. The minimum atomic E-state index is -0.392. The summed E-state index contributed by atoms with van der Waals surface area (Å²) in [5, 5.41) is 6.30. The Morgan fingerprint density at radius 2 is 2.23 bits per heavy atom. The second kappa shape index (κ2) is 6.90. The lowest BCUT2D eigenvalue weighted by molar-refractivity contribution is -0.133. The number of carbonyl (C=O) groups excluding carboxylic acids is 2. The van der Waals surface area contributed by atoms with E-state index in [1.54, 1.807) is 24.1 Å². The van der Waals surface area contributed by atoms with Crippen LogP contribution in [0.25, 0.3) is 0 Å². The molecule has 1 aromatic carbocycles. The zero-order chi connectivity index (χ0) is 18.9. The number of rotatable bonds is 2. The van der Waals surface area contributed by atoms with Crippen LogP contribution in [0.15, 0.2) is 36.7 Å². The Morgan fingerprint density at radius 1 is 1.46 bits per heavy atom. The Hall–Kier alpha value is -2.70. The molecule has 0 aliphatic carbocycles. The van der Waals surface area contributed by atoms with E-state index in [-0.39, 0.29) is 17.9 Å². The molecule has 2 atom stereocenters. The van der Waals surface area contributed by atoms with Crippen molar-refractivity contribution < 1.29 is 9.59 Å². The number of amides is 3. The summed E-state index contributed by atoms with van der Waals surface area (Å²) >= 11 is 0. The molecule has 140 valence electrons. The molecular weight excluding hydrogens is 330 g/mol. The van der Waals surface area contributed by atoms with Crippen molar-refractivity contribution in [2.75, 3.05) is 31.2 Å². The van der Waals surface area contributed by atoms with Crippen LogP contribution in [0.1, 0.15) is 26.2 Å². The SMILES string of the molecule is C=C1N[C@](C)(C2CCCN(C(=O)Nc3cccc(N)c3)C2)CC(=O)N1C. The number of anilines is 2. The van der Waals surface area contributed by atoms with Crippen molar-refractivity contribution in [2.45, 2.75) is 31.7 Å². The van der Waals surface area contributed by atoms with E-state index in [9.17, 15) is 9.59 Å². The maximum Gasteiger partial charge on any atom is 0.321 e. The third-order valence-electron chi connectivity index (χ3n) is 5.47. The fourth-order valence-electron chi connectivity index (χ4n) is 3.79. The number of carbonyl (C=O) groups is 2. The molecule has 2 aliphatic heterocycles. The van der Waals surface area contributed by atoms with Gasteiger partial charge in [-0.2, -0.15) is 0 Å². The monoisotopic (exact) mass is 357 g/mol. The minimum Gasteiger partial charge on any atom is -0.399 e. The molecule has 0 radical (unpaired) electrons. The van der Waals surface area contributed by atoms with E-state index < -0.39 is 5.54 Å². The van der Waals surface area contributed by atoms with E-state index in [4.69, 9.17) is 5.73 Å². The quantitative estimate of drug-likeness (QED) is 0.708. The maximum absolute atomic E-state index is 12.7. The first-order valence-corrected chi connectivity index (χ1v) is 8.93. The zero-order valence-electron chi connectivity index (χ0n) is 15.4. The van der Waals surface area contributed by atoms with Gasteiger partial charge in [-0.25, -0.2) is 4.79 Å². The molecule has 0 saturated carbocycles. The first-order chi connectivity index (χ1) is 12.3. The molecule has 3 rings (SSSR count). The van der Waals surface area contributed by atoms with Crippen LogP contribution in [0.3, 0.4) is 0 Å². The number of nitrogen functional groups attached to an aromatic ring is 1. The number of piperidine rings is 1. The molecule has 7 heteroatoms. The van der Waals surface area contributed by atoms with Gasteiger partial charge in [-0.3, -0.25) is 4.79 Å². The predicted octanol–water partition coefficient (Wildman–Crippen LogP) is 2.19. The number of nitrogens with one attached hydrogen (secondary N) is 2. The van der Waals surface area contributed by atoms with Crippen LogP contribution in [-0.2, 0) is 4.79 Å². The highest BCUT2D eigenvalue weighted by atomic mass is 16.2. The van der Waals surface area contributed by atoms with Gasteiger partial charge in [-0.05, 0) is 43.9 Å². The molecule has 3 amide bonds. The van der Waals surface area contributed by atoms with Crippen LogP contribution in [0.4, 0.5) is 16.2 Å². The second-order valence-electron chi connectivity index (χ2n) is 7.46. The van der Waals surface area contributed by atoms with Gasteiger partial charge in [0.25, 0.3) is 0 Å². The molecule has 0 bridgehead atoms. The normalized spacial score (nSPS) is 26.5. The van der Waals surface area contributed by atoms with Crippen LogP contribution in [0, 0.1) is 5.92 Å². The molecule has 0 spiro atoms. The first kappa shape index (κ1) is 18.1. The van der Waals surface area contributed by atoms with Gasteiger partial charge in [0, 0.05) is 37.1 Å². The molecule has 7 nitrogen and oxygen atoms in total. The Bertz CT molecular complexity index is 714. The number of hydrogen-bond donors (Lipinski definition) is 3. The molecule has 4 N–H and O–H groups in total. The average molecular weight is 357 g/mol. The van der Waals surface area contributed by atoms with Gasteiger partial charge in [0.2, 0.25) is 5.91 Å². The Morgan fingerprint density at radius 3 is 2.92 bits per heavy atom. The molecule has 2 fully saturated rings. The topological polar surface area (TPSA) is 90.7 Å². The van der Waals surface area contributed by atoms with Gasteiger partial charge < -0.3 is 26.2 Å². The van der Waals surface area contributed by atoms with Gasteiger partial charge in [0.15, 0.2) is 0 Å². The second-order valence-corrected chi connectivity index (χ2v) is 7.46. The summed E-state index contributed by atoms with van der Waals surface area (Å²) in [5.74, 6) is 0.847. The van der Waals surface area contributed by atoms with E-state index in [0.29, 0.717) is 36.7 Å². The average Bonchev–Trinajstić information content (AvgIpc) is 2.60. The Balaban J connectivity index is 1.68. The van der Waals surface area contributed by atoms with Crippen LogP contribution < -0.4 is 16.4 Å². The standard InChI is InChI=1S/C19H27N5O2/c1-13-22-19(2,11-17(25)23(13)3)14-6-5-9-24(12-14)18(26)21-16-8-4-7-15(20)10-16/h4,7-8,10,14,22H,1,5-6,9,11-12,20H2,2-3H3,(H,21,26)/t14?,19-/m0/s1. The van der Waals surface area contributed by atoms with Gasteiger partial charge in [-0.1, -0.05) is 12.6 Å². The number of benzene rings is 1. The summed E-state index contributed by atoms with van der Waals surface area (Å²) in [6.07, 6.45) is 2.27. The zero-order valence-corrected chi connectivity index (χ0v) is 15.4. The molecule has 2 saturated heterocycles. The first-order valence-electron chi connectivity index (χ1n) is 8.93. The highest BCUT2D eigenvalue weighted by Crippen LogP contribution is 2.34. The third-order valence-corrected chi connectivity index (χ3v) is 5.47. The molecule has 2 aliphatic rings. The van der Waals surface area contributed by atoms with Crippen molar-refractivity contribution in [1.82, 2.24) is 15.1 Å². The molecular formula is C19H27N5O2. The highest BCUT2D eigenvalue weighted by Gasteiger charge is 2.43. The van der Waals surface area contributed by atoms with Crippen molar-refractivity contribution in [1.29, 1.82) is 0 Å². The lowest BCUT2D eigenvalue weighted by Crippen LogP contribution is -2.61. The summed E-state index contributed by atoms with van der Waals surface area (Å²) in [6, 6.07) is 7.01. The van der Waals surface area contributed by atoms with Gasteiger partial charge >= 0.3 is 6.03 Å². The number of likely N-dealkylation sites (tertiary alicyclic amines) is 1. The summed E-state index contributed by atoms with van der Waals surface area (Å²) in [5.41, 5.74) is 6.67. The largest absolute Gasteiger partial charge is 0.399 e. The van der Waals surface area contributed by atoms with Crippen LogP contribution in [-0.4, -0.2) is 47.4 Å². The van der Waals surface area contributed by atoms with Crippen molar-refractivity contribution in [3.05, 3.63) is 36.7 Å².